The molecule has 4 heteroatoms. The first-order valence-corrected chi connectivity index (χ1v) is 18.4. The third-order valence-electron chi connectivity index (χ3n) is 10.8. The van der Waals surface area contributed by atoms with Crippen LogP contribution in [-0.4, -0.2) is 15.0 Å². The van der Waals surface area contributed by atoms with Crippen LogP contribution in [0.15, 0.2) is 176 Å². The van der Waals surface area contributed by atoms with Crippen molar-refractivity contribution in [2.45, 2.75) is 5.41 Å². The van der Waals surface area contributed by atoms with Crippen molar-refractivity contribution >= 4 is 21.4 Å². The highest BCUT2D eigenvalue weighted by molar-refractivity contribution is 7.22. The van der Waals surface area contributed by atoms with Crippen LogP contribution in [0.25, 0.3) is 76.9 Å². The molecule has 1 atom stereocenters. The summed E-state index contributed by atoms with van der Waals surface area (Å²) in [6.07, 6.45) is 0. The summed E-state index contributed by atoms with van der Waals surface area (Å²) >= 11 is 1.92. The predicted octanol–water partition coefficient (Wildman–Crippen LogP) is 12.1. The van der Waals surface area contributed by atoms with Crippen molar-refractivity contribution in [2.75, 3.05) is 0 Å². The number of fused-ring (bicyclic) bond motifs is 12. The van der Waals surface area contributed by atoms with Crippen LogP contribution in [0.4, 0.5) is 0 Å². The van der Waals surface area contributed by atoms with Crippen molar-refractivity contribution in [3.05, 3.63) is 198 Å². The van der Waals surface area contributed by atoms with E-state index in [4.69, 9.17) is 15.0 Å². The highest BCUT2D eigenvalue weighted by Gasteiger charge is 2.53. The van der Waals surface area contributed by atoms with Gasteiger partial charge in [0.1, 0.15) is 0 Å². The largest absolute Gasteiger partial charge is 0.208 e. The minimum Gasteiger partial charge on any atom is -0.208 e. The average Bonchev–Trinajstić information content (AvgIpc) is 3.85. The number of rotatable bonds is 4. The first kappa shape index (κ1) is 29.3. The average molecular weight is 680 g/mol. The second kappa shape index (κ2) is 11.3. The normalized spacial score (nSPS) is 15.0. The molecule has 52 heavy (non-hydrogen) atoms. The molecular formula is C48H29N3S. The Kier molecular flexibility index (Phi) is 6.34. The predicted molar refractivity (Wildman–Crippen MR) is 213 cm³/mol. The zero-order valence-electron chi connectivity index (χ0n) is 28.0. The number of thiophene rings is 1. The highest BCUT2D eigenvalue weighted by Crippen LogP contribution is 2.66. The maximum atomic E-state index is 5.10. The van der Waals surface area contributed by atoms with Crippen molar-refractivity contribution in [2.24, 2.45) is 0 Å². The fourth-order valence-electron chi connectivity index (χ4n) is 8.62. The van der Waals surface area contributed by atoms with E-state index in [9.17, 15) is 0 Å². The van der Waals surface area contributed by atoms with Crippen molar-refractivity contribution in [3.63, 3.8) is 0 Å². The molecule has 2 heterocycles. The Bertz CT molecular complexity index is 2800. The van der Waals surface area contributed by atoms with Crippen molar-refractivity contribution in [1.82, 2.24) is 15.0 Å². The molecule has 0 amide bonds. The Morgan fingerprint density at radius 1 is 0.365 bits per heavy atom. The molecule has 242 valence electrons. The van der Waals surface area contributed by atoms with Gasteiger partial charge in [-0.25, -0.2) is 15.0 Å². The van der Waals surface area contributed by atoms with Gasteiger partial charge in [-0.1, -0.05) is 164 Å². The fraction of sp³-hybridized carbons (Fsp3) is 0.0208. The lowest BCUT2D eigenvalue weighted by Crippen LogP contribution is -2.25. The summed E-state index contributed by atoms with van der Waals surface area (Å²) < 4.78 is 1.33. The van der Waals surface area contributed by atoms with Crippen LogP contribution in [0.5, 0.6) is 0 Å². The number of aromatic nitrogens is 3. The van der Waals surface area contributed by atoms with Gasteiger partial charge in [-0.2, -0.15) is 0 Å². The summed E-state index contributed by atoms with van der Waals surface area (Å²) in [7, 11) is 0. The maximum absolute atomic E-state index is 5.10. The van der Waals surface area contributed by atoms with Gasteiger partial charge in [-0.05, 0) is 67.6 Å². The molecule has 2 aliphatic carbocycles. The van der Waals surface area contributed by atoms with E-state index in [1.165, 1.54) is 53.9 Å². The molecule has 0 bridgehead atoms. The molecule has 2 aromatic heterocycles. The van der Waals surface area contributed by atoms with Gasteiger partial charge in [0.2, 0.25) is 0 Å². The second-order valence-corrected chi connectivity index (χ2v) is 14.5. The Morgan fingerprint density at radius 2 is 0.885 bits per heavy atom. The summed E-state index contributed by atoms with van der Waals surface area (Å²) in [6, 6.07) is 62.9. The molecule has 1 unspecified atom stereocenters. The lowest BCUT2D eigenvalue weighted by molar-refractivity contribution is 0.803. The summed E-state index contributed by atoms with van der Waals surface area (Å²) in [6.45, 7) is 0. The zero-order valence-corrected chi connectivity index (χ0v) is 28.8. The maximum Gasteiger partial charge on any atom is 0.164 e. The smallest absolute Gasteiger partial charge is 0.164 e. The Balaban J connectivity index is 1.14. The number of benzene rings is 7. The molecule has 0 radical (unpaired) electrons. The van der Waals surface area contributed by atoms with Crippen LogP contribution >= 0.6 is 11.3 Å². The third kappa shape index (κ3) is 4.10. The number of hydrogen-bond donors (Lipinski definition) is 0. The van der Waals surface area contributed by atoms with E-state index in [1.54, 1.807) is 0 Å². The molecule has 0 saturated carbocycles. The van der Waals surface area contributed by atoms with Crippen molar-refractivity contribution in [3.8, 4) is 66.9 Å². The molecule has 0 N–H and O–H groups in total. The van der Waals surface area contributed by atoms with Gasteiger partial charge < -0.3 is 0 Å². The summed E-state index contributed by atoms with van der Waals surface area (Å²) in [4.78, 5) is 16.5. The zero-order chi connectivity index (χ0) is 34.2. The van der Waals surface area contributed by atoms with E-state index < -0.39 is 0 Å². The third-order valence-corrected chi connectivity index (χ3v) is 12.0. The standard InChI is InChI=1S/C48H29N3S/c1-3-15-30(16-4-1)45-49-46(31-17-5-2-6-18-31)51-47(50-45)35-21-8-7-19-33(35)32-27-28-41-38(29-32)34-20-9-12-24-39(34)48(41)40-25-13-10-22-36(40)44-43(48)37-23-11-14-26-42(37)52-44/h1-29H. The van der Waals surface area contributed by atoms with E-state index in [-0.39, 0.29) is 5.41 Å². The fourth-order valence-corrected chi connectivity index (χ4v) is 9.92. The molecule has 0 saturated heterocycles. The SMILES string of the molecule is c1ccc(-c2nc(-c3ccccc3)nc(-c3ccccc3-c3ccc4c(c3)-c3ccccc3C43c4ccccc4-c4sc5ccccc5c43)n2)cc1. The van der Waals surface area contributed by atoms with Gasteiger partial charge in [0.15, 0.2) is 17.5 Å². The van der Waals surface area contributed by atoms with Crippen molar-refractivity contribution < 1.29 is 0 Å². The van der Waals surface area contributed by atoms with Gasteiger partial charge in [0, 0.05) is 26.3 Å². The highest BCUT2D eigenvalue weighted by atomic mass is 32.1. The van der Waals surface area contributed by atoms with Crippen LogP contribution in [0, 0.1) is 0 Å². The molecule has 9 aromatic rings. The van der Waals surface area contributed by atoms with E-state index in [1.807, 2.05) is 47.7 Å². The van der Waals surface area contributed by atoms with Crippen LogP contribution in [0.3, 0.4) is 0 Å². The monoisotopic (exact) mass is 679 g/mol. The molecule has 1 spiro atoms. The first-order chi connectivity index (χ1) is 25.8. The minimum atomic E-state index is -0.390. The van der Waals surface area contributed by atoms with E-state index in [2.05, 4.69) is 140 Å². The van der Waals surface area contributed by atoms with Crippen molar-refractivity contribution in [1.29, 1.82) is 0 Å². The molecular weight excluding hydrogens is 651 g/mol. The topological polar surface area (TPSA) is 38.7 Å². The Hall–Kier alpha value is -6.49. The molecule has 2 aliphatic rings. The Labute approximate surface area is 305 Å². The van der Waals surface area contributed by atoms with E-state index in [0.717, 1.165) is 27.8 Å². The molecule has 11 rings (SSSR count). The van der Waals surface area contributed by atoms with Gasteiger partial charge in [-0.3, -0.25) is 0 Å². The molecule has 3 nitrogen and oxygen atoms in total. The Morgan fingerprint density at radius 3 is 1.60 bits per heavy atom. The second-order valence-electron chi connectivity index (χ2n) is 13.5. The molecule has 7 aromatic carbocycles. The molecule has 0 aliphatic heterocycles. The lowest BCUT2D eigenvalue weighted by Gasteiger charge is -2.30. The number of nitrogens with zero attached hydrogens (tertiary/aromatic N) is 3. The van der Waals surface area contributed by atoms with Gasteiger partial charge in [0.05, 0.1) is 5.41 Å². The number of hydrogen-bond acceptors (Lipinski definition) is 4. The van der Waals surface area contributed by atoms with E-state index >= 15 is 0 Å². The first-order valence-electron chi connectivity index (χ1n) is 17.6. The quantitative estimate of drug-likeness (QED) is 0.186. The van der Waals surface area contributed by atoms with Gasteiger partial charge in [-0.15, -0.1) is 11.3 Å². The minimum absolute atomic E-state index is 0.390. The van der Waals surface area contributed by atoms with Crippen LogP contribution in [-0.2, 0) is 5.41 Å². The summed E-state index contributed by atoms with van der Waals surface area (Å²) in [5.41, 5.74) is 14.1. The summed E-state index contributed by atoms with van der Waals surface area (Å²) in [5, 5.41) is 1.34. The van der Waals surface area contributed by atoms with Crippen LogP contribution < -0.4 is 0 Å². The van der Waals surface area contributed by atoms with Gasteiger partial charge in [0.25, 0.3) is 0 Å². The van der Waals surface area contributed by atoms with Crippen LogP contribution in [0.1, 0.15) is 22.3 Å². The summed E-state index contributed by atoms with van der Waals surface area (Å²) in [5.74, 6) is 1.96. The van der Waals surface area contributed by atoms with Gasteiger partial charge >= 0.3 is 0 Å². The lowest BCUT2D eigenvalue weighted by atomic mass is 9.70. The van der Waals surface area contributed by atoms with Crippen LogP contribution in [0.2, 0.25) is 0 Å². The van der Waals surface area contributed by atoms with E-state index in [0.29, 0.717) is 17.5 Å². The molecule has 0 fully saturated rings.